The summed E-state index contributed by atoms with van der Waals surface area (Å²) in [5, 5.41) is 7.46. The number of amides is 1. The molecule has 12 heteroatoms. The molecule has 148 valence electrons. The highest BCUT2D eigenvalue weighted by Crippen LogP contribution is 2.28. The van der Waals surface area contributed by atoms with Crippen molar-refractivity contribution in [2.75, 3.05) is 11.9 Å². The van der Waals surface area contributed by atoms with Gasteiger partial charge in [-0.2, -0.15) is 5.10 Å². The molecule has 0 aromatic carbocycles. The lowest BCUT2D eigenvalue weighted by molar-refractivity contribution is -0.142. The zero-order chi connectivity index (χ0) is 20.1. The van der Waals surface area contributed by atoms with E-state index in [1.165, 1.54) is 12.3 Å². The number of anilines is 1. The minimum absolute atomic E-state index is 0.0812. The van der Waals surface area contributed by atoms with Gasteiger partial charge in [0.15, 0.2) is 5.13 Å². The maximum absolute atomic E-state index is 13.1. The number of nitrogens with one attached hydrogen (secondary N) is 1. The maximum atomic E-state index is 13.1. The van der Waals surface area contributed by atoms with Gasteiger partial charge in [-0.05, 0) is 19.9 Å². The summed E-state index contributed by atoms with van der Waals surface area (Å²) in [5.74, 6) is -1.25. The maximum Gasteiger partial charge on any atom is 0.311 e. The van der Waals surface area contributed by atoms with Gasteiger partial charge in [0.1, 0.15) is 17.4 Å². The third-order valence-corrected chi connectivity index (χ3v) is 4.20. The van der Waals surface area contributed by atoms with Crippen LogP contribution < -0.4 is 5.32 Å². The van der Waals surface area contributed by atoms with Crippen LogP contribution in [0, 0.1) is 0 Å². The quantitative estimate of drug-likeness (QED) is 0.534. The van der Waals surface area contributed by atoms with E-state index in [1.54, 1.807) is 6.92 Å². The molecule has 0 bridgehead atoms. The van der Waals surface area contributed by atoms with Crippen molar-refractivity contribution in [3.05, 3.63) is 28.5 Å². The summed E-state index contributed by atoms with van der Waals surface area (Å²) in [6, 6.07) is -0.709. The SMILES string of the molecule is CCOC(=O)Cc1csc(NC(=O)C(C)n2nc(C(F)F)cc2C(F)F)n1. The van der Waals surface area contributed by atoms with Crippen molar-refractivity contribution in [3.8, 4) is 0 Å². The summed E-state index contributed by atoms with van der Waals surface area (Å²) in [6.45, 7) is 3.13. The number of hydrogen-bond acceptors (Lipinski definition) is 6. The normalized spacial score (nSPS) is 12.4. The third kappa shape index (κ3) is 5.25. The molecule has 7 nitrogen and oxygen atoms in total. The van der Waals surface area contributed by atoms with Crippen molar-refractivity contribution in [1.82, 2.24) is 14.8 Å². The topological polar surface area (TPSA) is 86.1 Å². The van der Waals surface area contributed by atoms with E-state index in [2.05, 4.69) is 15.4 Å². The molecule has 2 heterocycles. The first-order chi connectivity index (χ1) is 12.7. The third-order valence-electron chi connectivity index (χ3n) is 3.39. The van der Waals surface area contributed by atoms with E-state index in [4.69, 9.17) is 4.74 Å². The second-order valence-electron chi connectivity index (χ2n) is 5.33. The van der Waals surface area contributed by atoms with Gasteiger partial charge in [-0.25, -0.2) is 22.5 Å². The first kappa shape index (κ1) is 20.8. The number of carbonyl (C=O) groups is 2. The predicted molar refractivity (Wildman–Crippen MR) is 87.9 cm³/mol. The summed E-state index contributed by atoms with van der Waals surface area (Å²) in [4.78, 5) is 27.7. The molecule has 2 aromatic heterocycles. The molecule has 0 spiro atoms. The molecule has 0 radical (unpaired) electrons. The van der Waals surface area contributed by atoms with Gasteiger partial charge in [0.25, 0.3) is 18.8 Å². The van der Waals surface area contributed by atoms with E-state index >= 15 is 0 Å². The molecule has 0 saturated heterocycles. The Morgan fingerprint density at radius 1 is 1.30 bits per heavy atom. The summed E-state index contributed by atoms with van der Waals surface area (Å²) in [5.41, 5.74) is -1.25. The lowest BCUT2D eigenvalue weighted by atomic mass is 10.3. The molecule has 2 rings (SSSR count). The van der Waals surface area contributed by atoms with Crippen LogP contribution in [0.4, 0.5) is 22.7 Å². The number of carbonyl (C=O) groups excluding carboxylic acids is 2. The molecule has 0 saturated carbocycles. The number of rotatable bonds is 8. The van der Waals surface area contributed by atoms with Crippen LogP contribution in [-0.2, 0) is 20.7 Å². The van der Waals surface area contributed by atoms with E-state index in [0.717, 1.165) is 11.3 Å². The van der Waals surface area contributed by atoms with Gasteiger partial charge >= 0.3 is 5.97 Å². The van der Waals surface area contributed by atoms with Crippen molar-refractivity contribution >= 4 is 28.3 Å². The minimum Gasteiger partial charge on any atom is -0.466 e. The molecule has 0 aliphatic heterocycles. The standard InChI is InChI=1S/C15H16F4N4O3S/c1-3-26-11(24)4-8-6-27-15(20-8)21-14(25)7(2)23-10(13(18)19)5-9(22-23)12(16)17/h5-7,12-13H,3-4H2,1-2H3,(H,20,21,25). The minimum atomic E-state index is -3.07. The van der Waals surface area contributed by atoms with E-state index in [0.29, 0.717) is 16.4 Å². The summed E-state index contributed by atoms with van der Waals surface area (Å²) in [7, 11) is 0. The molecular weight excluding hydrogens is 392 g/mol. The van der Waals surface area contributed by atoms with Crippen LogP contribution in [0.5, 0.6) is 0 Å². The summed E-state index contributed by atoms with van der Waals surface area (Å²) >= 11 is 1.02. The fourth-order valence-corrected chi connectivity index (χ4v) is 2.85. The van der Waals surface area contributed by atoms with Crippen LogP contribution >= 0.6 is 11.3 Å². The van der Waals surface area contributed by atoms with Crippen LogP contribution in [0.1, 0.15) is 49.8 Å². The number of hydrogen-bond donors (Lipinski definition) is 1. The van der Waals surface area contributed by atoms with Gasteiger partial charge in [0.05, 0.1) is 18.7 Å². The molecule has 27 heavy (non-hydrogen) atoms. The number of ether oxygens (including phenoxy) is 1. The van der Waals surface area contributed by atoms with E-state index in [1.807, 2.05) is 0 Å². The molecule has 0 aliphatic carbocycles. The Kier molecular flexibility index (Phi) is 6.88. The molecule has 1 unspecified atom stereocenters. The highest BCUT2D eigenvalue weighted by molar-refractivity contribution is 7.13. The molecule has 2 aromatic rings. The number of thiazole rings is 1. The van der Waals surface area contributed by atoms with Crippen molar-refractivity contribution in [3.63, 3.8) is 0 Å². The zero-order valence-corrected chi connectivity index (χ0v) is 15.1. The lowest BCUT2D eigenvalue weighted by Crippen LogP contribution is -2.26. The van der Waals surface area contributed by atoms with E-state index in [-0.39, 0.29) is 18.2 Å². The van der Waals surface area contributed by atoms with Crippen LogP contribution in [0.25, 0.3) is 0 Å². The van der Waals surface area contributed by atoms with Gasteiger partial charge < -0.3 is 10.1 Å². The summed E-state index contributed by atoms with van der Waals surface area (Å²) in [6.07, 6.45) is -6.19. The van der Waals surface area contributed by atoms with Gasteiger partial charge in [0.2, 0.25) is 0 Å². The largest absolute Gasteiger partial charge is 0.466 e. The van der Waals surface area contributed by atoms with E-state index in [9.17, 15) is 27.2 Å². The monoisotopic (exact) mass is 408 g/mol. The van der Waals surface area contributed by atoms with Crippen LogP contribution in [0.2, 0.25) is 0 Å². The second kappa shape index (κ2) is 8.93. The molecule has 1 amide bonds. The van der Waals surface area contributed by atoms with E-state index < -0.39 is 42.2 Å². The average molecular weight is 408 g/mol. The van der Waals surface area contributed by atoms with Crippen molar-refractivity contribution in [1.29, 1.82) is 0 Å². The number of halogens is 4. The number of esters is 1. The van der Waals surface area contributed by atoms with Gasteiger partial charge in [-0.3, -0.25) is 14.3 Å². The highest BCUT2D eigenvalue weighted by atomic mass is 32.1. The van der Waals surface area contributed by atoms with Gasteiger partial charge in [-0.15, -0.1) is 11.3 Å². The number of nitrogens with zero attached hydrogens (tertiary/aromatic N) is 3. The van der Waals surface area contributed by atoms with Crippen molar-refractivity contribution in [2.24, 2.45) is 0 Å². The second-order valence-corrected chi connectivity index (χ2v) is 6.19. The lowest BCUT2D eigenvalue weighted by Gasteiger charge is -2.14. The fraction of sp³-hybridized carbons (Fsp3) is 0.467. The smallest absolute Gasteiger partial charge is 0.311 e. The predicted octanol–water partition coefficient (Wildman–Crippen LogP) is 3.52. The Balaban J connectivity index is 2.10. The molecule has 1 atom stereocenters. The Morgan fingerprint density at radius 3 is 2.59 bits per heavy atom. The van der Waals surface area contributed by atoms with Crippen molar-refractivity contribution < 1.29 is 31.9 Å². The van der Waals surface area contributed by atoms with Crippen LogP contribution in [0.15, 0.2) is 11.4 Å². The summed E-state index contributed by atoms with van der Waals surface area (Å²) < 4.78 is 56.9. The highest BCUT2D eigenvalue weighted by Gasteiger charge is 2.27. The molecule has 0 fully saturated rings. The molecule has 0 aliphatic rings. The Labute approximate surface area is 155 Å². The van der Waals surface area contributed by atoms with Gasteiger partial charge in [0, 0.05) is 5.38 Å². The molecule has 1 N–H and O–H groups in total. The fourth-order valence-electron chi connectivity index (χ4n) is 2.13. The Morgan fingerprint density at radius 2 is 2.00 bits per heavy atom. The first-order valence-corrected chi connectivity index (χ1v) is 8.67. The number of alkyl halides is 4. The molecular formula is C15H16F4N4O3S. The Hall–Kier alpha value is -2.50. The van der Waals surface area contributed by atoms with Gasteiger partial charge in [-0.1, -0.05) is 0 Å². The van der Waals surface area contributed by atoms with Crippen molar-refractivity contribution in [2.45, 2.75) is 39.2 Å². The number of aromatic nitrogens is 3. The first-order valence-electron chi connectivity index (χ1n) is 7.79. The Bertz CT molecular complexity index is 809. The van der Waals surface area contributed by atoms with Crippen LogP contribution in [-0.4, -0.2) is 33.2 Å². The zero-order valence-electron chi connectivity index (χ0n) is 14.3. The average Bonchev–Trinajstić information content (AvgIpc) is 3.21. The van der Waals surface area contributed by atoms with Crippen LogP contribution in [0.3, 0.4) is 0 Å².